The molecule has 0 unspecified atom stereocenters. The van der Waals surface area contributed by atoms with Crippen LogP contribution >= 0.6 is 15.9 Å². The molecule has 0 atom stereocenters. The molecule has 0 spiro atoms. The number of pyridine rings is 1. The maximum absolute atomic E-state index is 12.0. The summed E-state index contributed by atoms with van der Waals surface area (Å²) in [7, 11) is 1.70. The number of benzene rings is 1. The third-order valence-electron chi connectivity index (χ3n) is 3.43. The first-order chi connectivity index (χ1) is 9.99. The average molecular weight is 348 g/mol. The first-order valence-electron chi connectivity index (χ1n) is 6.16. The molecule has 1 aliphatic heterocycles. The predicted molar refractivity (Wildman–Crippen MR) is 79.8 cm³/mol. The number of hydrogen-bond acceptors (Lipinski definition) is 4. The van der Waals surface area contributed by atoms with Crippen molar-refractivity contribution < 1.29 is 9.72 Å². The van der Waals surface area contributed by atoms with Crippen LogP contribution in [0.2, 0.25) is 0 Å². The van der Waals surface area contributed by atoms with Crippen LogP contribution in [0.4, 0.5) is 5.69 Å². The number of carbonyl (C=O) groups excluding carboxylic acids is 1. The Bertz CT molecular complexity index is 776. The van der Waals surface area contributed by atoms with E-state index in [1.807, 2.05) is 0 Å². The zero-order chi connectivity index (χ0) is 15.1. The number of rotatable bonds is 2. The summed E-state index contributed by atoms with van der Waals surface area (Å²) < 4.78 is 0.540. The van der Waals surface area contributed by atoms with Crippen molar-refractivity contribution in [1.82, 2.24) is 9.88 Å². The highest BCUT2D eigenvalue weighted by atomic mass is 79.9. The van der Waals surface area contributed by atoms with Crippen LogP contribution in [0.25, 0.3) is 11.3 Å². The van der Waals surface area contributed by atoms with Gasteiger partial charge < -0.3 is 4.90 Å². The van der Waals surface area contributed by atoms with Gasteiger partial charge in [-0.2, -0.15) is 0 Å². The van der Waals surface area contributed by atoms with Crippen molar-refractivity contribution in [3.05, 3.63) is 56.2 Å². The zero-order valence-corrected chi connectivity index (χ0v) is 12.6. The summed E-state index contributed by atoms with van der Waals surface area (Å²) in [6.45, 7) is 0.430. The van der Waals surface area contributed by atoms with E-state index in [9.17, 15) is 14.9 Å². The van der Waals surface area contributed by atoms with Gasteiger partial charge in [-0.15, -0.1) is 0 Å². The van der Waals surface area contributed by atoms with Crippen molar-refractivity contribution in [2.24, 2.45) is 0 Å². The van der Waals surface area contributed by atoms with Gasteiger partial charge in [-0.05, 0) is 27.6 Å². The minimum absolute atomic E-state index is 0.0772. The van der Waals surface area contributed by atoms with E-state index in [1.165, 1.54) is 12.3 Å². The maximum Gasteiger partial charge on any atom is 0.296 e. The molecule has 0 radical (unpaired) electrons. The van der Waals surface area contributed by atoms with E-state index in [0.29, 0.717) is 22.1 Å². The first kappa shape index (κ1) is 13.7. The van der Waals surface area contributed by atoms with Gasteiger partial charge >= 0.3 is 0 Å². The van der Waals surface area contributed by atoms with Crippen LogP contribution in [0.15, 0.2) is 34.9 Å². The molecule has 1 aromatic heterocycles. The molecule has 0 saturated heterocycles. The number of carbonyl (C=O) groups is 1. The van der Waals surface area contributed by atoms with Crippen LogP contribution in [-0.2, 0) is 6.54 Å². The maximum atomic E-state index is 12.0. The Morgan fingerprint density at radius 3 is 2.81 bits per heavy atom. The molecule has 1 aromatic carbocycles. The number of amides is 1. The molecular formula is C14H10BrN3O3. The molecule has 21 heavy (non-hydrogen) atoms. The Morgan fingerprint density at radius 1 is 1.38 bits per heavy atom. The van der Waals surface area contributed by atoms with Gasteiger partial charge in [0.25, 0.3) is 11.6 Å². The lowest BCUT2D eigenvalue weighted by Gasteiger charge is -2.08. The highest BCUT2D eigenvalue weighted by Gasteiger charge is 2.29. The number of nitrogens with zero attached hydrogens (tertiary/aromatic N) is 3. The molecular weight excluding hydrogens is 338 g/mol. The van der Waals surface area contributed by atoms with Crippen LogP contribution < -0.4 is 0 Å². The van der Waals surface area contributed by atoms with Crippen LogP contribution in [0.5, 0.6) is 0 Å². The molecule has 106 valence electrons. The fourth-order valence-electron chi connectivity index (χ4n) is 2.47. The molecule has 1 amide bonds. The molecule has 7 heteroatoms. The van der Waals surface area contributed by atoms with Gasteiger partial charge in [0, 0.05) is 41.5 Å². The Hall–Kier alpha value is -2.28. The van der Waals surface area contributed by atoms with Crippen molar-refractivity contribution in [2.45, 2.75) is 6.54 Å². The first-order valence-corrected chi connectivity index (χ1v) is 6.96. The van der Waals surface area contributed by atoms with Crippen molar-refractivity contribution in [3.8, 4) is 11.3 Å². The summed E-state index contributed by atoms with van der Waals surface area (Å²) in [5, 5.41) is 11.2. The van der Waals surface area contributed by atoms with Crippen molar-refractivity contribution in [1.29, 1.82) is 0 Å². The minimum Gasteiger partial charge on any atom is -0.337 e. The van der Waals surface area contributed by atoms with Crippen LogP contribution in [0.3, 0.4) is 0 Å². The molecule has 2 aromatic rings. The molecule has 0 N–H and O–H groups in total. The molecule has 0 saturated carbocycles. The minimum atomic E-state index is -0.465. The molecule has 0 bridgehead atoms. The van der Waals surface area contributed by atoms with Gasteiger partial charge in [0.1, 0.15) is 5.69 Å². The third-order valence-corrected chi connectivity index (χ3v) is 3.87. The number of hydrogen-bond donors (Lipinski definition) is 0. The fourth-order valence-corrected chi connectivity index (χ4v) is 2.79. The summed E-state index contributed by atoms with van der Waals surface area (Å²) in [6.07, 6.45) is 1.52. The predicted octanol–water partition coefficient (Wildman–Crippen LogP) is 3.00. The fraction of sp³-hybridized carbons (Fsp3) is 0.143. The Morgan fingerprint density at radius 2 is 2.10 bits per heavy atom. The van der Waals surface area contributed by atoms with Crippen LogP contribution in [0.1, 0.15) is 15.9 Å². The lowest BCUT2D eigenvalue weighted by Crippen LogP contribution is -2.17. The second-order valence-corrected chi connectivity index (χ2v) is 5.69. The van der Waals surface area contributed by atoms with Gasteiger partial charge in [0.2, 0.25) is 0 Å². The second kappa shape index (κ2) is 4.92. The van der Waals surface area contributed by atoms with E-state index in [-0.39, 0.29) is 17.3 Å². The number of halogens is 1. The van der Waals surface area contributed by atoms with E-state index < -0.39 is 4.92 Å². The summed E-state index contributed by atoms with van der Waals surface area (Å²) >= 11 is 3.19. The molecule has 6 nitrogen and oxygen atoms in total. The quantitative estimate of drug-likeness (QED) is 0.618. The molecule has 2 heterocycles. The van der Waals surface area contributed by atoms with Crippen molar-refractivity contribution in [3.63, 3.8) is 0 Å². The van der Waals surface area contributed by atoms with E-state index in [4.69, 9.17) is 0 Å². The molecule has 1 aliphatic rings. The van der Waals surface area contributed by atoms with Gasteiger partial charge in [-0.1, -0.05) is 12.1 Å². The normalized spacial score (nSPS) is 13.4. The number of fused-ring (bicyclic) bond motifs is 1. The van der Waals surface area contributed by atoms with E-state index in [0.717, 1.165) is 5.56 Å². The largest absolute Gasteiger partial charge is 0.337 e. The number of nitro groups is 1. The summed E-state index contributed by atoms with van der Waals surface area (Å²) in [6, 6.07) is 6.63. The summed E-state index contributed by atoms with van der Waals surface area (Å²) in [5.74, 6) is -0.0772. The van der Waals surface area contributed by atoms with Gasteiger partial charge in [0.05, 0.1) is 4.92 Å². The van der Waals surface area contributed by atoms with Gasteiger partial charge in [-0.25, -0.2) is 4.98 Å². The van der Waals surface area contributed by atoms with Crippen LogP contribution in [-0.4, -0.2) is 27.8 Å². The van der Waals surface area contributed by atoms with Crippen LogP contribution in [0, 0.1) is 10.1 Å². The number of aromatic nitrogens is 1. The average Bonchev–Trinajstić information content (AvgIpc) is 2.74. The van der Waals surface area contributed by atoms with Gasteiger partial charge in [-0.3, -0.25) is 14.9 Å². The van der Waals surface area contributed by atoms with Crippen molar-refractivity contribution in [2.75, 3.05) is 7.05 Å². The lowest BCUT2D eigenvalue weighted by atomic mass is 9.99. The highest BCUT2D eigenvalue weighted by molar-refractivity contribution is 9.10. The topological polar surface area (TPSA) is 76.3 Å². The summed E-state index contributed by atoms with van der Waals surface area (Å²) in [5.41, 5.74) is 2.18. The molecule has 3 rings (SSSR count). The molecule has 0 fully saturated rings. The smallest absolute Gasteiger partial charge is 0.296 e. The monoisotopic (exact) mass is 347 g/mol. The standard InChI is InChI=1S/C14H10BrN3O3/c1-17-7-11-9(3-2-4-10(11)14(17)19)13-12(18(20)21)5-8(15)6-16-13/h2-6H,7H2,1H3. The SMILES string of the molecule is CN1Cc2c(cccc2-c2ncc(Br)cc2[N+](=O)[O-])C1=O. The van der Waals surface area contributed by atoms with E-state index in [1.54, 1.807) is 30.1 Å². The summed E-state index contributed by atoms with van der Waals surface area (Å²) in [4.78, 5) is 28.6. The second-order valence-electron chi connectivity index (χ2n) is 4.77. The Labute approximate surface area is 128 Å². The third kappa shape index (κ3) is 2.19. The van der Waals surface area contributed by atoms with Gasteiger partial charge in [0.15, 0.2) is 0 Å². The van der Waals surface area contributed by atoms with E-state index >= 15 is 0 Å². The highest BCUT2D eigenvalue weighted by Crippen LogP contribution is 2.36. The van der Waals surface area contributed by atoms with Crippen molar-refractivity contribution >= 4 is 27.5 Å². The Balaban J connectivity index is 2.25. The molecule has 0 aliphatic carbocycles. The lowest BCUT2D eigenvalue weighted by molar-refractivity contribution is -0.384. The zero-order valence-electron chi connectivity index (χ0n) is 11.0. The van der Waals surface area contributed by atoms with E-state index in [2.05, 4.69) is 20.9 Å². The Kier molecular flexibility index (Phi) is 3.21.